The van der Waals surface area contributed by atoms with Gasteiger partial charge in [-0.1, -0.05) is 25.1 Å². The predicted octanol–water partition coefficient (Wildman–Crippen LogP) is 3.26. The van der Waals surface area contributed by atoms with E-state index in [2.05, 4.69) is 27.5 Å². The molecule has 25 heavy (non-hydrogen) atoms. The molecule has 2 heterocycles. The number of rotatable bonds is 6. The second-order valence-corrected chi connectivity index (χ2v) is 6.82. The number of fused-ring (bicyclic) bond motifs is 3. The first-order valence-electron chi connectivity index (χ1n) is 8.31. The molecule has 0 radical (unpaired) electrons. The standard InChI is InChI=1S/C18H20N4O2S/c1-3-6-15-22-16-17(25-15)11-7-4-5-8-12(11)20-18(16)21-14(24)10-9-13(23)19-2/h4-5,7-8H,3,6,9-10H2,1-2H3,(H,19,23)(H,20,21,24). The molecule has 0 saturated heterocycles. The maximum Gasteiger partial charge on any atom is 0.226 e. The van der Waals surface area contributed by atoms with Crippen molar-refractivity contribution in [1.29, 1.82) is 0 Å². The fourth-order valence-electron chi connectivity index (χ4n) is 2.60. The van der Waals surface area contributed by atoms with E-state index in [9.17, 15) is 9.59 Å². The van der Waals surface area contributed by atoms with Crippen LogP contribution in [0, 0.1) is 0 Å². The van der Waals surface area contributed by atoms with Crippen LogP contribution in [0.3, 0.4) is 0 Å². The minimum Gasteiger partial charge on any atom is -0.359 e. The maximum atomic E-state index is 12.2. The minimum absolute atomic E-state index is 0.113. The number of para-hydroxylation sites is 1. The van der Waals surface area contributed by atoms with E-state index in [1.807, 2.05) is 24.3 Å². The molecule has 1 aromatic carbocycles. The SMILES string of the molecule is CCCc1nc2c(NC(=O)CCC(=O)NC)nc3ccccc3c2s1. The number of anilines is 1. The third-order valence-electron chi connectivity index (χ3n) is 3.86. The minimum atomic E-state index is -0.238. The Kier molecular flexibility index (Phi) is 5.23. The summed E-state index contributed by atoms with van der Waals surface area (Å²) < 4.78 is 1.04. The molecule has 7 heteroatoms. The summed E-state index contributed by atoms with van der Waals surface area (Å²) in [6.45, 7) is 2.11. The highest BCUT2D eigenvalue weighted by Gasteiger charge is 2.16. The first-order valence-corrected chi connectivity index (χ1v) is 9.12. The van der Waals surface area contributed by atoms with Crippen molar-refractivity contribution in [3.8, 4) is 0 Å². The first kappa shape index (κ1) is 17.3. The highest BCUT2D eigenvalue weighted by molar-refractivity contribution is 7.19. The van der Waals surface area contributed by atoms with Gasteiger partial charge in [-0.05, 0) is 18.9 Å². The van der Waals surface area contributed by atoms with Crippen LogP contribution in [0.2, 0.25) is 0 Å². The third-order valence-corrected chi connectivity index (χ3v) is 5.00. The summed E-state index contributed by atoms with van der Waals surface area (Å²) in [6, 6.07) is 7.85. The molecule has 0 saturated carbocycles. The number of hydrogen-bond acceptors (Lipinski definition) is 5. The number of carbonyl (C=O) groups excluding carboxylic acids is 2. The fourth-order valence-corrected chi connectivity index (χ4v) is 3.80. The van der Waals surface area contributed by atoms with E-state index in [4.69, 9.17) is 0 Å². The number of amides is 2. The van der Waals surface area contributed by atoms with E-state index in [0.29, 0.717) is 5.82 Å². The van der Waals surface area contributed by atoms with Crippen LogP contribution in [0.25, 0.3) is 21.1 Å². The fraction of sp³-hybridized carbons (Fsp3) is 0.333. The summed E-state index contributed by atoms with van der Waals surface area (Å²) in [4.78, 5) is 32.8. The van der Waals surface area contributed by atoms with Gasteiger partial charge in [0, 0.05) is 25.3 Å². The molecule has 0 aliphatic carbocycles. The van der Waals surface area contributed by atoms with Crippen molar-refractivity contribution in [2.24, 2.45) is 0 Å². The number of nitrogens with zero attached hydrogens (tertiary/aromatic N) is 2. The molecule has 0 atom stereocenters. The zero-order valence-electron chi connectivity index (χ0n) is 14.3. The monoisotopic (exact) mass is 356 g/mol. The van der Waals surface area contributed by atoms with Gasteiger partial charge < -0.3 is 10.6 Å². The van der Waals surface area contributed by atoms with Crippen molar-refractivity contribution < 1.29 is 9.59 Å². The second-order valence-electron chi connectivity index (χ2n) is 5.73. The Balaban J connectivity index is 1.97. The Bertz CT molecular complexity index is 935. The Hall–Kier alpha value is -2.54. The Labute approximate surface area is 149 Å². The molecule has 2 aromatic heterocycles. The summed E-state index contributed by atoms with van der Waals surface area (Å²) in [5.74, 6) is 0.0672. The molecule has 0 spiro atoms. The van der Waals surface area contributed by atoms with E-state index in [1.54, 1.807) is 18.4 Å². The predicted molar refractivity (Wildman–Crippen MR) is 101 cm³/mol. The molecule has 3 rings (SSSR count). The highest BCUT2D eigenvalue weighted by Crippen LogP contribution is 2.34. The van der Waals surface area contributed by atoms with E-state index >= 15 is 0 Å². The van der Waals surface area contributed by atoms with Crippen LogP contribution in [0.15, 0.2) is 24.3 Å². The molecule has 2 amide bonds. The normalized spacial score (nSPS) is 11.0. The zero-order chi connectivity index (χ0) is 17.8. The van der Waals surface area contributed by atoms with Gasteiger partial charge in [0.25, 0.3) is 0 Å². The van der Waals surface area contributed by atoms with Crippen molar-refractivity contribution in [1.82, 2.24) is 15.3 Å². The summed E-state index contributed by atoms with van der Waals surface area (Å²) in [7, 11) is 1.55. The lowest BCUT2D eigenvalue weighted by Gasteiger charge is -2.07. The number of benzene rings is 1. The smallest absolute Gasteiger partial charge is 0.226 e. The summed E-state index contributed by atoms with van der Waals surface area (Å²) in [5.41, 5.74) is 1.55. The Morgan fingerprint density at radius 2 is 1.88 bits per heavy atom. The highest BCUT2D eigenvalue weighted by atomic mass is 32.1. The van der Waals surface area contributed by atoms with Gasteiger partial charge in [-0.3, -0.25) is 9.59 Å². The van der Waals surface area contributed by atoms with Gasteiger partial charge in [-0.15, -0.1) is 11.3 Å². The van der Waals surface area contributed by atoms with Gasteiger partial charge in [0.15, 0.2) is 5.82 Å². The van der Waals surface area contributed by atoms with Crippen LogP contribution in [0.5, 0.6) is 0 Å². The van der Waals surface area contributed by atoms with Crippen LogP contribution in [0.4, 0.5) is 5.82 Å². The van der Waals surface area contributed by atoms with Crippen LogP contribution in [-0.4, -0.2) is 28.8 Å². The van der Waals surface area contributed by atoms with Gasteiger partial charge in [0.2, 0.25) is 11.8 Å². The molecule has 0 aliphatic heterocycles. The van der Waals surface area contributed by atoms with Crippen molar-refractivity contribution in [3.05, 3.63) is 29.3 Å². The topological polar surface area (TPSA) is 84.0 Å². The lowest BCUT2D eigenvalue weighted by atomic mass is 10.2. The second kappa shape index (κ2) is 7.57. The van der Waals surface area contributed by atoms with Gasteiger partial charge >= 0.3 is 0 Å². The lowest BCUT2D eigenvalue weighted by molar-refractivity contribution is -0.124. The number of nitrogens with one attached hydrogen (secondary N) is 2. The van der Waals surface area contributed by atoms with Crippen LogP contribution >= 0.6 is 11.3 Å². The zero-order valence-corrected chi connectivity index (χ0v) is 15.1. The Morgan fingerprint density at radius 1 is 1.12 bits per heavy atom. The number of thiazole rings is 1. The largest absolute Gasteiger partial charge is 0.359 e. The molecule has 2 N–H and O–H groups in total. The molecule has 0 unspecified atom stereocenters. The first-order chi connectivity index (χ1) is 12.1. The van der Waals surface area contributed by atoms with Crippen LogP contribution in [-0.2, 0) is 16.0 Å². The number of aromatic nitrogens is 2. The van der Waals surface area contributed by atoms with Gasteiger partial charge in [0.05, 0.1) is 15.2 Å². The van der Waals surface area contributed by atoms with Gasteiger partial charge in [0.1, 0.15) is 5.52 Å². The van der Waals surface area contributed by atoms with E-state index in [-0.39, 0.29) is 24.7 Å². The number of aryl methyl sites for hydroxylation is 1. The number of pyridine rings is 1. The van der Waals surface area contributed by atoms with E-state index in [0.717, 1.165) is 39.0 Å². The maximum absolute atomic E-state index is 12.2. The van der Waals surface area contributed by atoms with Crippen molar-refractivity contribution in [3.63, 3.8) is 0 Å². The number of carbonyl (C=O) groups is 2. The molecule has 130 valence electrons. The molecule has 0 bridgehead atoms. The average Bonchev–Trinajstić information content (AvgIpc) is 3.04. The van der Waals surface area contributed by atoms with Crippen molar-refractivity contribution in [2.45, 2.75) is 32.6 Å². The van der Waals surface area contributed by atoms with Crippen LogP contribution < -0.4 is 10.6 Å². The Morgan fingerprint density at radius 3 is 2.64 bits per heavy atom. The molecule has 0 aliphatic rings. The summed E-state index contributed by atoms with van der Waals surface area (Å²) >= 11 is 1.65. The summed E-state index contributed by atoms with van der Waals surface area (Å²) in [6.07, 6.45) is 2.18. The van der Waals surface area contributed by atoms with E-state index in [1.165, 1.54) is 0 Å². The summed E-state index contributed by atoms with van der Waals surface area (Å²) in [5, 5.41) is 7.42. The van der Waals surface area contributed by atoms with Crippen LogP contribution in [0.1, 0.15) is 31.2 Å². The molecule has 0 fully saturated rings. The average molecular weight is 356 g/mol. The molecular formula is C18H20N4O2S. The molecule has 3 aromatic rings. The van der Waals surface area contributed by atoms with E-state index < -0.39 is 0 Å². The molecular weight excluding hydrogens is 336 g/mol. The van der Waals surface area contributed by atoms with Crippen molar-refractivity contribution >= 4 is 50.1 Å². The van der Waals surface area contributed by atoms with Gasteiger partial charge in [-0.25, -0.2) is 9.97 Å². The lowest BCUT2D eigenvalue weighted by Crippen LogP contribution is -2.21. The third kappa shape index (κ3) is 3.76. The molecule has 6 nitrogen and oxygen atoms in total. The quantitative estimate of drug-likeness (QED) is 0.710. The number of hydrogen-bond donors (Lipinski definition) is 2. The van der Waals surface area contributed by atoms with Gasteiger partial charge in [-0.2, -0.15) is 0 Å². The van der Waals surface area contributed by atoms with Crippen molar-refractivity contribution in [2.75, 3.05) is 12.4 Å².